The minimum absolute atomic E-state index is 0.223. The Morgan fingerprint density at radius 3 is 2.90 bits per heavy atom. The second kappa shape index (κ2) is 7.17. The van der Waals surface area contributed by atoms with Gasteiger partial charge in [0, 0.05) is 25.8 Å². The van der Waals surface area contributed by atoms with Gasteiger partial charge in [0.2, 0.25) is 0 Å². The molecule has 8 heteroatoms. The Balaban J connectivity index is 1.73. The molecule has 2 heterocycles. The molecule has 0 saturated carbocycles. The normalized spacial score (nSPS) is 10.2. The first-order valence-corrected chi connectivity index (χ1v) is 6.49. The molecule has 0 unspecified atom stereocenters. The number of hydrogen-bond acceptors (Lipinski definition) is 6. The van der Waals surface area contributed by atoms with Crippen LogP contribution >= 0.6 is 0 Å². The summed E-state index contributed by atoms with van der Waals surface area (Å²) in [5, 5.41) is 21.1. The van der Waals surface area contributed by atoms with Crippen LogP contribution in [0.3, 0.4) is 0 Å². The number of carbonyl (C=O) groups is 1. The van der Waals surface area contributed by atoms with Crippen LogP contribution in [0.5, 0.6) is 0 Å². The van der Waals surface area contributed by atoms with Gasteiger partial charge in [-0.3, -0.25) is 9.48 Å². The van der Waals surface area contributed by atoms with Crippen LogP contribution in [-0.2, 0) is 6.54 Å². The van der Waals surface area contributed by atoms with Crippen molar-refractivity contribution in [3.63, 3.8) is 0 Å². The summed E-state index contributed by atoms with van der Waals surface area (Å²) in [7, 11) is 0. The predicted octanol–water partition coefficient (Wildman–Crippen LogP) is 0.320. The molecule has 106 valence electrons. The molecule has 20 heavy (non-hydrogen) atoms. The van der Waals surface area contributed by atoms with Gasteiger partial charge in [0.1, 0.15) is 5.82 Å². The lowest BCUT2D eigenvalue weighted by Gasteiger charge is -2.05. The minimum Gasteiger partial charge on any atom is -0.369 e. The lowest BCUT2D eigenvalue weighted by atomic mass is 10.3. The summed E-state index contributed by atoms with van der Waals surface area (Å²) in [6.07, 6.45) is 4.19. The standard InChI is InChI=1S/C12H17N7O/c1-2-13-11-5-4-10(16-17-11)12(20)14-6-3-8-19-9-7-15-18-19/h4-5,7,9H,2-3,6,8H2,1H3,(H,13,17)(H,14,20). The quantitative estimate of drug-likeness (QED) is 0.706. The summed E-state index contributed by atoms with van der Waals surface area (Å²) in [5.74, 6) is 0.439. The van der Waals surface area contributed by atoms with Crippen molar-refractivity contribution in [3.05, 3.63) is 30.2 Å². The fraction of sp³-hybridized carbons (Fsp3) is 0.417. The molecule has 2 aromatic rings. The zero-order valence-electron chi connectivity index (χ0n) is 11.3. The maximum Gasteiger partial charge on any atom is 0.271 e. The van der Waals surface area contributed by atoms with Crippen molar-refractivity contribution >= 4 is 11.7 Å². The van der Waals surface area contributed by atoms with Gasteiger partial charge in [-0.25, -0.2) is 0 Å². The number of nitrogens with one attached hydrogen (secondary N) is 2. The first-order valence-electron chi connectivity index (χ1n) is 6.49. The molecular formula is C12H17N7O. The highest BCUT2D eigenvalue weighted by molar-refractivity contribution is 5.92. The molecule has 0 aromatic carbocycles. The Kier molecular flexibility index (Phi) is 4.99. The van der Waals surface area contributed by atoms with E-state index in [2.05, 4.69) is 31.1 Å². The van der Waals surface area contributed by atoms with Gasteiger partial charge >= 0.3 is 0 Å². The third-order valence-corrected chi connectivity index (χ3v) is 2.58. The van der Waals surface area contributed by atoms with Gasteiger partial charge in [-0.2, -0.15) is 0 Å². The van der Waals surface area contributed by atoms with E-state index in [1.807, 2.05) is 6.92 Å². The number of hydrogen-bond donors (Lipinski definition) is 2. The van der Waals surface area contributed by atoms with Crippen molar-refractivity contribution in [3.8, 4) is 0 Å². The maximum absolute atomic E-state index is 11.8. The number of carbonyl (C=O) groups excluding carboxylic acids is 1. The van der Waals surface area contributed by atoms with Gasteiger partial charge in [-0.1, -0.05) is 5.21 Å². The van der Waals surface area contributed by atoms with E-state index in [9.17, 15) is 4.79 Å². The van der Waals surface area contributed by atoms with Crippen molar-refractivity contribution < 1.29 is 4.79 Å². The molecule has 0 aliphatic rings. The van der Waals surface area contributed by atoms with Gasteiger partial charge in [0.25, 0.3) is 5.91 Å². The summed E-state index contributed by atoms with van der Waals surface area (Å²) in [4.78, 5) is 11.8. The molecule has 0 bridgehead atoms. The van der Waals surface area contributed by atoms with Crippen LogP contribution in [0.2, 0.25) is 0 Å². The number of rotatable bonds is 7. The van der Waals surface area contributed by atoms with E-state index < -0.39 is 0 Å². The van der Waals surface area contributed by atoms with Gasteiger partial charge in [-0.15, -0.1) is 15.3 Å². The minimum atomic E-state index is -0.223. The molecule has 0 aliphatic carbocycles. The molecule has 0 fully saturated rings. The van der Waals surface area contributed by atoms with Crippen LogP contribution in [0.1, 0.15) is 23.8 Å². The molecule has 0 spiro atoms. The summed E-state index contributed by atoms with van der Waals surface area (Å²) in [6.45, 7) is 4.00. The van der Waals surface area contributed by atoms with Crippen LogP contribution in [-0.4, -0.2) is 44.2 Å². The van der Waals surface area contributed by atoms with Gasteiger partial charge in [0.15, 0.2) is 5.69 Å². The zero-order chi connectivity index (χ0) is 14.2. The summed E-state index contributed by atoms with van der Waals surface area (Å²) in [6, 6.07) is 3.39. The summed E-state index contributed by atoms with van der Waals surface area (Å²) in [5.41, 5.74) is 0.312. The Labute approximate surface area is 116 Å². The second-order valence-corrected chi connectivity index (χ2v) is 4.11. The fourth-order valence-electron chi connectivity index (χ4n) is 1.61. The third kappa shape index (κ3) is 4.01. The van der Waals surface area contributed by atoms with Crippen LogP contribution in [0.15, 0.2) is 24.5 Å². The molecule has 0 radical (unpaired) electrons. The predicted molar refractivity (Wildman–Crippen MR) is 73.2 cm³/mol. The molecule has 0 atom stereocenters. The van der Waals surface area contributed by atoms with E-state index in [0.29, 0.717) is 24.6 Å². The van der Waals surface area contributed by atoms with Crippen molar-refractivity contribution in [2.45, 2.75) is 19.9 Å². The molecule has 2 aromatic heterocycles. The fourth-order valence-corrected chi connectivity index (χ4v) is 1.61. The second-order valence-electron chi connectivity index (χ2n) is 4.11. The van der Waals surface area contributed by atoms with Crippen LogP contribution < -0.4 is 10.6 Å². The Hall–Kier alpha value is -2.51. The van der Waals surface area contributed by atoms with Crippen LogP contribution in [0.4, 0.5) is 5.82 Å². The van der Waals surface area contributed by atoms with E-state index in [0.717, 1.165) is 13.0 Å². The van der Waals surface area contributed by atoms with E-state index in [-0.39, 0.29) is 5.91 Å². The van der Waals surface area contributed by atoms with E-state index >= 15 is 0 Å². The van der Waals surface area contributed by atoms with Crippen molar-refractivity contribution in [2.75, 3.05) is 18.4 Å². The molecule has 2 N–H and O–H groups in total. The third-order valence-electron chi connectivity index (χ3n) is 2.58. The topological polar surface area (TPSA) is 97.6 Å². The molecule has 0 aliphatic heterocycles. The number of aryl methyl sites for hydroxylation is 1. The highest BCUT2D eigenvalue weighted by atomic mass is 16.1. The van der Waals surface area contributed by atoms with Crippen LogP contribution in [0.25, 0.3) is 0 Å². The average Bonchev–Trinajstić information content (AvgIpc) is 2.98. The SMILES string of the molecule is CCNc1ccc(C(=O)NCCCn2ccnn2)nn1. The number of amides is 1. The van der Waals surface area contributed by atoms with Crippen LogP contribution in [0, 0.1) is 0 Å². The largest absolute Gasteiger partial charge is 0.369 e. The maximum atomic E-state index is 11.8. The Morgan fingerprint density at radius 2 is 2.25 bits per heavy atom. The number of anilines is 1. The molecule has 8 nitrogen and oxygen atoms in total. The summed E-state index contributed by atoms with van der Waals surface area (Å²) < 4.78 is 1.72. The van der Waals surface area contributed by atoms with E-state index in [4.69, 9.17) is 0 Å². The first-order chi connectivity index (χ1) is 9.79. The van der Waals surface area contributed by atoms with Crippen molar-refractivity contribution in [1.29, 1.82) is 0 Å². The Bertz CT molecular complexity index is 523. The smallest absolute Gasteiger partial charge is 0.271 e. The lowest BCUT2D eigenvalue weighted by molar-refractivity contribution is 0.0946. The van der Waals surface area contributed by atoms with Crippen molar-refractivity contribution in [2.24, 2.45) is 0 Å². The molecule has 2 rings (SSSR count). The van der Waals surface area contributed by atoms with Gasteiger partial charge in [-0.05, 0) is 25.5 Å². The van der Waals surface area contributed by atoms with E-state index in [1.165, 1.54) is 0 Å². The Morgan fingerprint density at radius 1 is 1.35 bits per heavy atom. The highest BCUT2D eigenvalue weighted by Crippen LogP contribution is 2.01. The molecule has 1 amide bonds. The summed E-state index contributed by atoms with van der Waals surface area (Å²) >= 11 is 0. The monoisotopic (exact) mass is 275 g/mol. The first kappa shape index (κ1) is 13.9. The van der Waals surface area contributed by atoms with Crippen molar-refractivity contribution in [1.82, 2.24) is 30.5 Å². The lowest BCUT2D eigenvalue weighted by Crippen LogP contribution is -2.26. The average molecular weight is 275 g/mol. The van der Waals surface area contributed by atoms with Gasteiger partial charge in [0.05, 0.1) is 6.20 Å². The number of nitrogens with zero attached hydrogens (tertiary/aromatic N) is 5. The molecular weight excluding hydrogens is 258 g/mol. The zero-order valence-corrected chi connectivity index (χ0v) is 11.3. The highest BCUT2D eigenvalue weighted by Gasteiger charge is 2.07. The van der Waals surface area contributed by atoms with Gasteiger partial charge < -0.3 is 10.6 Å². The van der Waals surface area contributed by atoms with E-state index in [1.54, 1.807) is 29.2 Å². The molecule has 0 saturated heterocycles. The number of aromatic nitrogens is 5.